The van der Waals surface area contributed by atoms with Crippen molar-refractivity contribution in [1.82, 2.24) is 0 Å². The van der Waals surface area contributed by atoms with Crippen molar-refractivity contribution < 1.29 is 9.53 Å². The molecule has 0 saturated heterocycles. The number of allylic oxidation sites excluding steroid dienone is 1. The predicted octanol–water partition coefficient (Wildman–Crippen LogP) is 5.20. The van der Waals surface area contributed by atoms with E-state index in [-0.39, 0.29) is 5.91 Å². The van der Waals surface area contributed by atoms with Gasteiger partial charge in [0, 0.05) is 5.56 Å². The van der Waals surface area contributed by atoms with E-state index < -0.39 is 10.9 Å². The summed E-state index contributed by atoms with van der Waals surface area (Å²) in [5, 5.41) is -0.734. The summed E-state index contributed by atoms with van der Waals surface area (Å²) in [6, 6.07) is 15.2. The fourth-order valence-electron chi connectivity index (χ4n) is 3.42. The van der Waals surface area contributed by atoms with Crippen molar-refractivity contribution in [2.75, 3.05) is 12.0 Å². The summed E-state index contributed by atoms with van der Waals surface area (Å²) >= 11 is 6.54. The van der Waals surface area contributed by atoms with Crippen LogP contribution in [0.15, 0.2) is 54.6 Å². The monoisotopic (exact) mass is 355 g/mol. The number of rotatable bonds is 3. The Kier molecular flexibility index (Phi) is 4.61. The number of anilines is 1. The van der Waals surface area contributed by atoms with Gasteiger partial charge in [0.1, 0.15) is 11.1 Å². The molecule has 2 aromatic carbocycles. The lowest BCUT2D eigenvalue weighted by atomic mass is 9.88. The van der Waals surface area contributed by atoms with Crippen LogP contribution in [0.1, 0.15) is 37.3 Å². The second-order valence-corrected chi connectivity index (χ2v) is 7.25. The molecule has 3 nitrogen and oxygen atoms in total. The van der Waals surface area contributed by atoms with E-state index in [1.165, 1.54) is 0 Å². The highest BCUT2D eigenvalue weighted by molar-refractivity contribution is 6.33. The number of carbonyl (C=O) groups is 1. The van der Waals surface area contributed by atoms with Gasteiger partial charge in [-0.2, -0.15) is 0 Å². The number of alkyl halides is 1. The molecular weight excluding hydrogens is 334 g/mol. The number of fused-ring (bicyclic) bond motifs is 1. The van der Waals surface area contributed by atoms with Crippen molar-refractivity contribution in [2.24, 2.45) is 0 Å². The van der Waals surface area contributed by atoms with Crippen LogP contribution in [0.25, 0.3) is 5.57 Å². The molecule has 0 N–H and O–H groups in total. The first-order valence-electron chi connectivity index (χ1n) is 8.26. The molecule has 1 heterocycles. The van der Waals surface area contributed by atoms with Crippen LogP contribution < -0.4 is 9.64 Å². The van der Waals surface area contributed by atoms with Crippen LogP contribution in [0.5, 0.6) is 5.75 Å². The lowest BCUT2D eigenvalue weighted by Gasteiger charge is -2.42. The van der Waals surface area contributed by atoms with Crippen LogP contribution in [-0.2, 0) is 4.79 Å². The number of ether oxygens (including phenoxy) is 1. The lowest BCUT2D eigenvalue weighted by molar-refractivity contribution is -0.119. The standard InChI is InChI=1S/C21H22ClNO2/c1-14-13-21(2,3)23(18-11-10-16(25-4)12-17(14)18)20(24)19(22)15-8-6-5-7-9-15/h5-13,19H,1-4H3/t19-/m1/s1. The molecule has 2 aromatic rings. The summed E-state index contributed by atoms with van der Waals surface area (Å²) in [6.07, 6.45) is 2.10. The van der Waals surface area contributed by atoms with Crippen LogP contribution in [0.3, 0.4) is 0 Å². The Balaban J connectivity index is 2.07. The number of benzene rings is 2. The van der Waals surface area contributed by atoms with E-state index in [1.54, 1.807) is 12.0 Å². The van der Waals surface area contributed by atoms with Gasteiger partial charge in [0.25, 0.3) is 0 Å². The highest BCUT2D eigenvalue weighted by atomic mass is 35.5. The van der Waals surface area contributed by atoms with Gasteiger partial charge < -0.3 is 9.64 Å². The largest absolute Gasteiger partial charge is 0.497 e. The molecule has 0 fully saturated rings. The van der Waals surface area contributed by atoms with E-state index in [0.717, 1.165) is 28.1 Å². The molecule has 25 heavy (non-hydrogen) atoms. The maximum atomic E-state index is 13.3. The summed E-state index contributed by atoms with van der Waals surface area (Å²) < 4.78 is 5.34. The Bertz CT molecular complexity index is 827. The normalized spacial score (nSPS) is 16.7. The zero-order valence-corrected chi connectivity index (χ0v) is 15.7. The van der Waals surface area contributed by atoms with Gasteiger partial charge in [0.15, 0.2) is 0 Å². The summed E-state index contributed by atoms with van der Waals surface area (Å²) in [4.78, 5) is 15.1. The highest BCUT2D eigenvalue weighted by Gasteiger charge is 2.38. The van der Waals surface area contributed by atoms with Crippen molar-refractivity contribution in [3.63, 3.8) is 0 Å². The zero-order valence-electron chi connectivity index (χ0n) is 14.9. The molecule has 0 unspecified atom stereocenters. The molecule has 1 atom stereocenters. The van der Waals surface area contributed by atoms with Gasteiger partial charge in [-0.1, -0.05) is 36.4 Å². The van der Waals surface area contributed by atoms with Crippen LogP contribution >= 0.6 is 11.6 Å². The van der Waals surface area contributed by atoms with Gasteiger partial charge in [0.05, 0.1) is 18.3 Å². The van der Waals surface area contributed by atoms with E-state index in [0.29, 0.717) is 0 Å². The number of hydrogen-bond acceptors (Lipinski definition) is 2. The third-order valence-electron chi connectivity index (χ3n) is 4.54. The summed E-state index contributed by atoms with van der Waals surface area (Å²) in [5.74, 6) is 0.636. The molecule has 0 radical (unpaired) electrons. The van der Waals surface area contributed by atoms with Crippen LogP contribution in [0, 0.1) is 0 Å². The number of amides is 1. The average molecular weight is 356 g/mol. The highest BCUT2D eigenvalue weighted by Crippen LogP contribution is 2.42. The smallest absolute Gasteiger partial charge is 0.250 e. The molecule has 1 aliphatic heterocycles. The average Bonchev–Trinajstić information content (AvgIpc) is 2.60. The van der Waals surface area contributed by atoms with Gasteiger partial charge in [-0.3, -0.25) is 4.79 Å². The minimum atomic E-state index is -0.734. The second kappa shape index (κ2) is 6.57. The molecule has 4 heteroatoms. The molecule has 1 amide bonds. The van der Waals surface area contributed by atoms with Gasteiger partial charge in [0.2, 0.25) is 5.91 Å². The molecule has 0 aliphatic carbocycles. The summed E-state index contributed by atoms with van der Waals surface area (Å²) in [5.41, 5.74) is 3.30. The molecule has 3 rings (SSSR count). The molecular formula is C21H22ClNO2. The number of hydrogen-bond donors (Lipinski definition) is 0. The Hall–Kier alpha value is -2.26. The molecule has 0 aromatic heterocycles. The van der Waals surface area contributed by atoms with E-state index in [9.17, 15) is 4.79 Å². The Morgan fingerprint density at radius 2 is 1.84 bits per heavy atom. The molecule has 0 saturated carbocycles. The minimum absolute atomic E-state index is 0.131. The van der Waals surface area contributed by atoms with Gasteiger partial charge >= 0.3 is 0 Å². The van der Waals surface area contributed by atoms with Crippen molar-refractivity contribution in [3.05, 3.63) is 65.7 Å². The maximum absolute atomic E-state index is 13.3. The minimum Gasteiger partial charge on any atom is -0.497 e. The molecule has 1 aliphatic rings. The predicted molar refractivity (Wildman–Crippen MR) is 103 cm³/mol. The van der Waals surface area contributed by atoms with Gasteiger partial charge in [-0.25, -0.2) is 0 Å². The summed E-state index contributed by atoms with van der Waals surface area (Å²) in [6.45, 7) is 6.10. The lowest BCUT2D eigenvalue weighted by Crippen LogP contribution is -2.50. The van der Waals surface area contributed by atoms with E-state index in [4.69, 9.17) is 16.3 Å². The number of halogens is 1. The third kappa shape index (κ3) is 3.16. The number of nitrogens with zero attached hydrogens (tertiary/aromatic N) is 1. The fraction of sp³-hybridized carbons (Fsp3) is 0.286. The topological polar surface area (TPSA) is 29.5 Å². The SMILES string of the molecule is COc1ccc2c(c1)C(C)=CC(C)(C)N2C(=O)[C@H](Cl)c1ccccc1. The molecule has 130 valence electrons. The number of carbonyl (C=O) groups excluding carboxylic acids is 1. The van der Waals surface area contributed by atoms with Crippen molar-refractivity contribution in [2.45, 2.75) is 31.7 Å². The van der Waals surface area contributed by atoms with Crippen molar-refractivity contribution in [3.8, 4) is 5.75 Å². The van der Waals surface area contributed by atoms with Gasteiger partial charge in [-0.15, -0.1) is 11.6 Å². The Morgan fingerprint density at radius 1 is 1.16 bits per heavy atom. The van der Waals surface area contributed by atoms with Crippen molar-refractivity contribution in [1.29, 1.82) is 0 Å². The van der Waals surface area contributed by atoms with E-state index >= 15 is 0 Å². The first-order chi connectivity index (χ1) is 11.8. The Morgan fingerprint density at radius 3 is 2.48 bits per heavy atom. The van der Waals surface area contributed by atoms with Crippen molar-refractivity contribution >= 4 is 28.8 Å². The van der Waals surface area contributed by atoms with E-state index in [2.05, 4.69) is 13.0 Å². The van der Waals surface area contributed by atoms with Crippen LogP contribution in [-0.4, -0.2) is 18.6 Å². The molecule has 0 spiro atoms. The Labute approximate surface area is 153 Å². The third-order valence-corrected chi connectivity index (χ3v) is 4.98. The fourth-order valence-corrected chi connectivity index (χ4v) is 3.66. The second-order valence-electron chi connectivity index (χ2n) is 6.81. The van der Waals surface area contributed by atoms with Gasteiger partial charge in [-0.05, 0) is 50.1 Å². The van der Waals surface area contributed by atoms with Crippen LogP contribution in [0.4, 0.5) is 5.69 Å². The van der Waals surface area contributed by atoms with E-state index in [1.807, 2.05) is 62.4 Å². The zero-order chi connectivity index (χ0) is 18.2. The number of methoxy groups -OCH3 is 1. The molecule has 0 bridgehead atoms. The van der Waals surface area contributed by atoms with Crippen LogP contribution in [0.2, 0.25) is 0 Å². The first kappa shape index (κ1) is 17.6. The quantitative estimate of drug-likeness (QED) is 0.708. The summed E-state index contributed by atoms with van der Waals surface area (Å²) in [7, 11) is 1.64. The maximum Gasteiger partial charge on any atom is 0.250 e. The first-order valence-corrected chi connectivity index (χ1v) is 8.70.